The van der Waals surface area contributed by atoms with E-state index in [0.717, 1.165) is 24.1 Å². The molecule has 1 aromatic carbocycles. The van der Waals surface area contributed by atoms with Crippen LogP contribution in [0.2, 0.25) is 0 Å². The molecule has 1 aliphatic carbocycles. The van der Waals surface area contributed by atoms with Crippen molar-refractivity contribution in [3.8, 4) is 10.8 Å². The van der Waals surface area contributed by atoms with Crippen LogP contribution in [0, 0.1) is 0 Å². The number of hydrogen-bond donors (Lipinski definition) is 0. The molecule has 3 heterocycles. The van der Waals surface area contributed by atoms with Crippen molar-refractivity contribution >= 4 is 21.4 Å². The van der Waals surface area contributed by atoms with Gasteiger partial charge in [0.15, 0.2) is 0 Å². The van der Waals surface area contributed by atoms with Crippen LogP contribution in [0.3, 0.4) is 0 Å². The molecule has 1 fully saturated rings. The van der Waals surface area contributed by atoms with Gasteiger partial charge in [0.1, 0.15) is 0 Å². The molecule has 0 spiro atoms. The first-order valence-corrected chi connectivity index (χ1v) is 12.6. The lowest BCUT2D eigenvalue weighted by atomic mass is 10.1. The standard InChI is InChI=1S/C21H24N4O3S2/c1-15(20-22-23-21(28-20)19-6-3-13-29-19)24-9-11-25(12-10-24)30(26,27)18-8-7-16-4-2-5-17(16)14-18/h3,6-8,13-15H,2,4-5,9-12H2,1H3. The summed E-state index contributed by atoms with van der Waals surface area (Å²) in [5, 5.41) is 10.3. The normalized spacial score (nSPS) is 19.1. The summed E-state index contributed by atoms with van der Waals surface area (Å²) in [4.78, 5) is 3.56. The Kier molecular flexibility index (Phi) is 5.22. The zero-order valence-corrected chi connectivity index (χ0v) is 18.5. The number of piperazine rings is 1. The summed E-state index contributed by atoms with van der Waals surface area (Å²) in [6.45, 7) is 4.19. The van der Waals surface area contributed by atoms with Gasteiger partial charge in [-0.05, 0) is 60.9 Å². The SMILES string of the molecule is CC(c1nnc(-c2cccs2)o1)N1CCN(S(=O)(=O)c2ccc3c(c2)CCC3)CC1. The number of benzene rings is 1. The van der Waals surface area contributed by atoms with Gasteiger partial charge in [-0.1, -0.05) is 12.1 Å². The topological polar surface area (TPSA) is 79.5 Å². The van der Waals surface area contributed by atoms with Gasteiger partial charge in [-0.3, -0.25) is 4.90 Å². The van der Waals surface area contributed by atoms with Crippen LogP contribution >= 0.6 is 11.3 Å². The molecule has 7 nitrogen and oxygen atoms in total. The van der Waals surface area contributed by atoms with E-state index in [2.05, 4.69) is 15.1 Å². The Bertz CT molecular complexity index is 1130. The molecule has 1 saturated heterocycles. The summed E-state index contributed by atoms with van der Waals surface area (Å²) in [6, 6.07) is 9.46. The molecule has 2 aliphatic rings. The average molecular weight is 445 g/mol. The third-order valence-corrected chi connectivity index (χ3v) is 8.81. The second-order valence-corrected chi connectivity index (χ2v) is 10.7. The number of nitrogens with zero attached hydrogens (tertiary/aromatic N) is 4. The molecule has 0 saturated carbocycles. The van der Waals surface area contributed by atoms with E-state index in [4.69, 9.17) is 4.42 Å². The van der Waals surface area contributed by atoms with Gasteiger partial charge in [-0.2, -0.15) is 4.31 Å². The maximum absolute atomic E-state index is 13.1. The smallest absolute Gasteiger partial charge is 0.257 e. The molecule has 3 aromatic rings. The predicted molar refractivity (Wildman–Crippen MR) is 115 cm³/mol. The fourth-order valence-electron chi connectivity index (χ4n) is 4.25. The Morgan fingerprint density at radius 2 is 1.87 bits per heavy atom. The molecule has 2 aromatic heterocycles. The highest BCUT2D eigenvalue weighted by Crippen LogP contribution is 2.29. The highest BCUT2D eigenvalue weighted by molar-refractivity contribution is 7.89. The van der Waals surface area contributed by atoms with Gasteiger partial charge in [-0.25, -0.2) is 8.42 Å². The van der Waals surface area contributed by atoms with Gasteiger partial charge >= 0.3 is 0 Å². The summed E-state index contributed by atoms with van der Waals surface area (Å²) in [5.74, 6) is 1.10. The fraction of sp³-hybridized carbons (Fsp3) is 0.429. The number of rotatable bonds is 5. The van der Waals surface area contributed by atoms with Crippen molar-refractivity contribution in [3.05, 3.63) is 52.7 Å². The lowest BCUT2D eigenvalue weighted by Crippen LogP contribution is -2.49. The zero-order valence-electron chi connectivity index (χ0n) is 16.8. The average Bonchev–Trinajstić information content (AvgIpc) is 3.53. The molecule has 1 unspecified atom stereocenters. The van der Waals surface area contributed by atoms with Crippen LogP contribution in [-0.4, -0.2) is 54.0 Å². The van der Waals surface area contributed by atoms with Crippen molar-refractivity contribution in [1.29, 1.82) is 0 Å². The van der Waals surface area contributed by atoms with Gasteiger partial charge < -0.3 is 4.42 Å². The van der Waals surface area contributed by atoms with E-state index >= 15 is 0 Å². The van der Waals surface area contributed by atoms with Gasteiger partial charge in [0.25, 0.3) is 5.89 Å². The molecule has 9 heteroatoms. The fourth-order valence-corrected chi connectivity index (χ4v) is 6.37. The number of aromatic nitrogens is 2. The molecule has 0 N–H and O–H groups in total. The Morgan fingerprint density at radius 1 is 1.07 bits per heavy atom. The highest BCUT2D eigenvalue weighted by Gasteiger charge is 2.32. The molecule has 5 rings (SSSR count). The maximum atomic E-state index is 13.1. The second-order valence-electron chi connectivity index (χ2n) is 7.82. The second kappa shape index (κ2) is 7.88. The summed E-state index contributed by atoms with van der Waals surface area (Å²) in [6.07, 6.45) is 3.14. The van der Waals surface area contributed by atoms with Crippen LogP contribution in [0.5, 0.6) is 0 Å². The maximum Gasteiger partial charge on any atom is 0.257 e. The number of sulfonamides is 1. The van der Waals surface area contributed by atoms with Crippen molar-refractivity contribution in [2.75, 3.05) is 26.2 Å². The van der Waals surface area contributed by atoms with Crippen molar-refractivity contribution < 1.29 is 12.8 Å². The molecular formula is C21H24N4O3S2. The highest BCUT2D eigenvalue weighted by atomic mass is 32.2. The summed E-state index contributed by atoms with van der Waals surface area (Å²) >= 11 is 1.56. The van der Waals surface area contributed by atoms with Gasteiger partial charge in [0.05, 0.1) is 15.8 Å². The zero-order chi connectivity index (χ0) is 20.7. The predicted octanol–water partition coefficient (Wildman–Crippen LogP) is 3.35. The van der Waals surface area contributed by atoms with Gasteiger partial charge in [-0.15, -0.1) is 21.5 Å². The summed E-state index contributed by atoms with van der Waals surface area (Å²) in [7, 11) is -3.47. The van der Waals surface area contributed by atoms with Crippen LogP contribution in [0.4, 0.5) is 0 Å². The van der Waals surface area contributed by atoms with Crippen molar-refractivity contribution in [2.45, 2.75) is 37.1 Å². The van der Waals surface area contributed by atoms with E-state index < -0.39 is 10.0 Å². The van der Waals surface area contributed by atoms with Crippen LogP contribution < -0.4 is 0 Å². The minimum atomic E-state index is -3.47. The Morgan fingerprint density at radius 3 is 2.63 bits per heavy atom. The lowest BCUT2D eigenvalue weighted by Gasteiger charge is -2.36. The number of aryl methyl sites for hydroxylation is 2. The first kappa shape index (κ1) is 19.9. The van der Waals surface area contributed by atoms with Crippen LogP contribution in [0.25, 0.3) is 10.8 Å². The first-order chi connectivity index (χ1) is 14.5. The van der Waals surface area contributed by atoms with Crippen molar-refractivity contribution in [3.63, 3.8) is 0 Å². The number of thiophene rings is 1. The first-order valence-electron chi connectivity index (χ1n) is 10.3. The molecule has 1 aliphatic heterocycles. The van der Waals surface area contributed by atoms with E-state index in [0.29, 0.717) is 42.9 Å². The van der Waals surface area contributed by atoms with E-state index in [9.17, 15) is 8.42 Å². The largest absolute Gasteiger partial charge is 0.418 e. The number of hydrogen-bond acceptors (Lipinski definition) is 7. The monoisotopic (exact) mass is 444 g/mol. The third-order valence-electron chi connectivity index (χ3n) is 6.06. The molecule has 0 bridgehead atoms. The van der Waals surface area contributed by atoms with Crippen LogP contribution in [-0.2, 0) is 22.9 Å². The molecule has 158 valence electrons. The summed E-state index contributed by atoms with van der Waals surface area (Å²) in [5.41, 5.74) is 2.47. The molecular weight excluding hydrogens is 420 g/mol. The Balaban J connectivity index is 1.26. The molecule has 1 atom stereocenters. The lowest BCUT2D eigenvalue weighted by molar-refractivity contribution is 0.129. The number of fused-ring (bicyclic) bond motifs is 1. The van der Waals surface area contributed by atoms with E-state index in [1.54, 1.807) is 21.7 Å². The van der Waals surface area contributed by atoms with E-state index in [1.807, 2.05) is 36.6 Å². The third kappa shape index (κ3) is 3.60. The molecule has 0 amide bonds. The Labute approximate surface area is 180 Å². The Hall–Kier alpha value is -2.07. The van der Waals surface area contributed by atoms with E-state index in [1.165, 1.54) is 11.1 Å². The molecule has 0 radical (unpaired) electrons. The van der Waals surface area contributed by atoms with E-state index in [-0.39, 0.29) is 6.04 Å². The minimum absolute atomic E-state index is 0.0592. The van der Waals surface area contributed by atoms with Gasteiger partial charge in [0, 0.05) is 26.2 Å². The molecule has 30 heavy (non-hydrogen) atoms. The van der Waals surface area contributed by atoms with Gasteiger partial charge in [0.2, 0.25) is 15.9 Å². The van der Waals surface area contributed by atoms with Crippen LogP contribution in [0.1, 0.15) is 36.4 Å². The summed E-state index contributed by atoms with van der Waals surface area (Å²) < 4.78 is 33.7. The minimum Gasteiger partial charge on any atom is -0.418 e. The quantitative estimate of drug-likeness (QED) is 0.600. The van der Waals surface area contributed by atoms with Crippen molar-refractivity contribution in [1.82, 2.24) is 19.4 Å². The van der Waals surface area contributed by atoms with Crippen LogP contribution in [0.15, 0.2) is 45.0 Å². The van der Waals surface area contributed by atoms with Crippen molar-refractivity contribution in [2.24, 2.45) is 0 Å².